The van der Waals surface area contributed by atoms with Crippen LogP contribution >= 0.6 is 0 Å². The van der Waals surface area contributed by atoms with Gasteiger partial charge in [0.15, 0.2) is 0 Å². The lowest BCUT2D eigenvalue weighted by Crippen LogP contribution is -2.25. The van der Waals surface area contributed by atoms with Crippen molar-refractivity contribution in [1.82, 2.24) is 4.57 Å². The van der Waals surface area contributed by atoms with Crippen molar-refractivity contribution in [2.45, 2.75) is 39.7 Å². The van der Waals surface area contributed by atoms with Gasteiger partial charge in [-0.2, -0.15) is 0 Å². The van der Waals surface area contributed by atoms with Crippen LogP contribution in [0.25, 0.3) is 0 Å². The third-order valence-corrected chi connectivity index (χ3v) is 2.53. The molecule has 1 N–H and O–H groups in total. The molecule has 1 rings (SSSR count). The average Bonchev–Trinajstić information content (AvgIpc) is 2.23. The van der Waals surface area contributed by atoms with Gasteiger partial charge in [0.25, 0.3) is 5.56 Å². The number of aliphatic carboxylic acids is 1. The lowest BCUT2D eigenvalue weighted by molar-refractivity contribution is -0.136. The summed E-state index contributed by atoms with van der Waals surface area (Å²) in [5, 5.41) is 8.58. The molecule has 0 aliphatic rings. The monoisotopic (exact) mass is 223 g/mol. The Kier molecular flexibility index (Phi) is 4.28. The van der Waals surface area contributed by atoms with Gasteiger partial charge in [0, 0.05) is 24.2 Å². The fourth-order valence-electron chi connectivity index (χ4n) is 1.65. The van der Waals surface area contributed by atoms with E-state index in [-0.39, 0.29) is 12.0 Å². The summed E-state index contributed by atoms with van der Waals surface area (Å²) in [6.45, 7) is 4.58. The normalized spacial score (nSPS) is 10.4. The number of hydrogen-bond acceptors (Lipinski definition) is 2. The van der Waals surface area contributed by atoms with Crippen LogP contribution < -0.4 is 5.56 Å². The second kappa shape index (κ2) is 5.49. The topological polar surface area (TPSA) is 59.3 Å². The Morgan fingerprint density at radius 1 is 1.44 bits per heavy atom. The van der Waals surface area contributed by atoms with Crippen LogP contribution in [0.2, 0.25) is 0 Å². The van der Waals surface area contributed by atoms with Crippen LogP contribution in [0, 0.1) is 6.92 Å². The average molecular weight is 223 g/mol. The van der Waals surface area contributed by atoms with E-state index in [4.69, 9.17) is 5.11 Å². The molecule has 0 aliphatic carbocycles. The van der Waals surface area contributed by atoms with Gasteiger partial charge in [-0.1, -0.05) is 13.0 Å². The van der Waals surface area contributed by atoms with Crippen molar-refractivity contribution in [2.75, 3.05) is 0 Å². The molecule has 0 spiro atoms. The van der Waals surface area contributed by atoms with E-state index in [2.05, 4.69) is 0 Å². The van der Waals surface area contributed by atoms with Gasteiger partial charge in [-0.3, -0.25) is 9.59 Å². The molecule has 0 saturated carbocycles. The molecule has 1 aromatic rings. The van der Waals surface area contributed by atoms with E-state index in [1.165, 1.54) is 0 Å². The fraction of sp³-hybridized carbons (Fsp3) is 0.500. The standard InChI is InChI=1S/C12H17NO3/c1-3-8-13-9(2)4-5-10(12(13)16)6-7-11(14)15/h4-5H,3,6-8H2,1-2H3,(H,14,15). The van der Waals surface area contributed by atoms with Crippen LogP contribution in [0.15, 0.2) is 16.9 Å². The molecule has 16 heavy (non-hydrogen) atoms. The summed E-state index contributed by atoms with van der Waals surface area (Å²) in [6, 6.07) is 3.60. The number of carbonyl (C=O) groups is 1. The zero-order valence-electron chi connectivity index (χ0n) is 9.69. The molecule has 0 saturated heterocycles. The van der Waals surface area contributed by atoms with Crippen molar-refractivity contribution < 1.29 is 9.90 Å². The Hall–Kier alpha value is -1.58. The van der Waals surface area contributed by atoms with Crippen LogP contribution in [0.5, 0.6) is 0 Å². The van der Waals surface area contributed by atoms with E-state index >= 15 is 0 Å². The second-order valence-electron chi connectivity index (χ2n) is 3.85. The van der Waals surface area contributed by atoms with Gasteiger partial charge >= 0.3 is 5.97 Å². The quantitative estimate of drug-likeness (QED) is 0.824. The number of nitrogens with zero attached hydrogens (tertiary/aromatic N) is 1. The third kappa shape index (κ3) is 2.95. The molecule has 0 atom stereocenters. The minimum atomic E-state index is -0.873. The summed E-state index contributed by atoms with van der Waals surface area (Å²) in [5.41, 5.74) is 1.45. The van der Waals surface area contributed by atoms with Gasteiger partial charge in [-0.15, -0.1) is 0 Å². The number of aryl methyl sites for hydroxylation is 2. The van der Waals surface area contributed by atoms with Crippen LogP contribution in [-0.4, -0.2) is 15.6 Å². The van der Waals surface area contributed by atoms with Gasteiger partial charge in [-0.05, 0) is 25.8 Å². The van der Waals surface area contributed by atoms with Crippen molar-refractivity contribution in [3.63, 3.8) is 0 Å². The molecule has 88 valence electrons. The van der Waals surface area contributed by atoms with Crippen LogP contribution in [-0.2, 0) is 17.8 Å². The molecule has 1 aromatic heterocycles. The minimum absolute atomic E-state index is 0.00439. The van der Waals surface area contributed by atoms with E-state index in [0.717, 1.165) is 12.1 Å². The molecule has 0 fully saturated rings. The number of pyridine rings is 1. The van der Waals surface area contributed by atoms with Crippen molar-refractivity contribution in [3.05, 3.63) is 33.7 Å². The molecule has 0 bridgehead atoms. The molecule has 0 radical (unpaired) electrons. The number of hydrogen-bond donors (Lipinski definition) is 1. The van der Waals surface area contributed by atoms with Crippen molar-refractivity contribution >= 4 is 5.97 Å². The summed E-state index contributed by atoms with van der Waals surface area (Å²) >= 11 is 0. The van der Waals surface area contributed by atoms with E-state index in [0.29, 0.717) is 18.5 Å². The molecule has 4 heteroatoms. The third-order valence-electron chi connectivity index (χ3n) is 2.53. The summed E-state index contributed by atoms with van der Waals surface area (Å²) in [5.74, 6) is -0.873. The molecule has 1 heterocycles. The van der Waals surface area contributed by atoms with Crippen LogP contribution in [0.4, 0.5) is 0 Å². The molecular weight excluding hydrogens is 206 g/mol. The summed E-state index contributed by atoms with van der Waals surface area (Å²) in [7, 11) is 0. The molecule has 0 unspecified atom stereocenters. The largest absolute Gasteiger partial charge is 0.481 e. The first-order chi connectivity index (χ1) is 7.56. The summed E-state index contributed by atoms with van der Waals surface area (Å²) in [4.78, 5) is 22.4. The first-order valence-electron chi connectivity index (χ1n) is 5.47. The molecular formula is C12H17NO3. The first kappa shape index (κ1) is 12.5. The van der Waals surface area contributed by atoms with Crippen LogP contribution in [0.3, 0.4) is 0 Å². The van der Waals surface area contributed by atoms with Gasteiger partial charge in [0.2, 0.25) is 0 Å². The second-order valence-corrected chi connectivity index (χ2v) is 3.85. The SMILES string of the molecule is CCCn1c(C)ccc(CCC(=O)O)c1=O. The Labute approximate surface area is 94.5 Å². The Morgan fingerprint density at radius 3 is 2.69 bits per heavy atom. The van der Waals surface area contributed by atoms with Gasteiger partial charge < -0.3 is 9.67 Å². The minimum Gasteiger partial charge on any atom is -0.481 e. The van der Waals surface area contributed by atoms with E-state index in [9.17, 15) is 9.59 Å². The van der Waals surface area contributed by atoms with Gasteiger partial charge in [0.05, 0.1) is 0 Å². The van der Waals surface area contributed by atoms with Crippen LogP contribution in [0.1, 0.15) is 31.0 Å². The summed E-state index contributed by atoms with van der Waals surface area (Å²) in [6.07, 6.45) is 1.20. The van der Waals surface area contributed by atoms with Crippen molar-refractivity contribution in [2.24, 2.45) is 0 Å². The molecule has 0 aliphatic heterocycles. The smallest absolute Gasteiger partial charge is 0.303 e. The fourth-order valence-corrected chi connectivity index (χ4v) is 1.65. The number of carboxylic acid groups (broad SMARTS) is 1. The van der Waals surface area contributed by atoms with Crippen molar-refractivity contribution in [1.29, 1.82) is 0 Å². The predicted molar refractivity (Wildman–Crippen MR) is 61.7 cm³/mol. The van der Waals surface area contributed by atoms with E-state index in [1.54, 1.807) is 10.6 Å². The highest BCUT2D eigenvalue weighted by Crippen LogP contribution is 2.02. The number of aromatic nitrogens is 1. The first-order valence-corrected chi connectivity index (χ1v) is 5.47. The van der Waals surface area contributed by atoms with Gasteiger partial charge in [-0.25, -0.2) is 0 Å². The Balaban J connectivity index is 2.99. The maximum atomic E-state index is 12.0. The Morgan fingerprint density at radius 2 is 2.12 bits per heavy atom. The highest BCUT2D eigenvalue weighted by Gasteiger charge is 2.07. The Bertz CT molecular complexity index is 434. The number of rotatable bonds is 5. The number of carboxylic acids is 1. The maximum Gasteiger partial charge on any atom is 0.303 e. The highest BCUT2D eigenvalue weighted by molar-refractivity contribution is 5.67. The van der Waals surface area contributed by atoms with Crippen molar-refractivity contribution in [3.8, 4) is 0 Å². The van der Waals surface area contributed by atoms with E-state index < -0.39 is 5.97 Å². The lowest BCUT2D eigenvalue weighted by Gasteiger charge is -2.10. The van der Waals surface area contributed by atoms with E-state index in [1.807, 2.05) is 19.9 Å². The predicted octanol–water partition coefficient (Wildman–Crippen LogP) is 1.58. The lowest BCUT2D eigenvalue weighted by atomic mass is 10.1. The maximum absolute atomic E-state index is 12.0. The van der Waals surface area contributed by atoms with Gasteiger partial charge in [0.1, 0.15) is 0 Å². The summed E-state index contributed by atoms with van der Waals surface area (Å²) < 4.78 is 1.71. The zero-order valence-corrected chi connectivity index (χ0v) is 9.69. The highest BCUT2D eigenvalue weighted by atomic mass is 16.4. The molecule has 0 amide bonds. The molecule has 0 aromatic carbocycles. The molecule has 4 nitrogen and oxygen atoms in total. The zero-order chi connectivity index (χ0) is 12.1.